The summed E-state index contributed by atoms with van der Waals surface area (Å²) >= 11 is 0. The van der Waals surface area contributed by atoms with Crippen LogP contribution in [0.15, 0.2) is 11.3 Å². The number of aromatic nitrogens is 2. The molecule has 1 aliphatic rings. The molecule has 0 aliphatic carbocycles. The highest BCUT2D eigenvalue weighted by atomic mass is 16.6. The van der Waals surface area contributed by atoms with Crippen molar-refractivity contribution in [2.45, 2.75) is 37.0 Å². The van der Waals surface area contributed by atoms with Crippen LogP contribution in [0.5, 0.6) is 0 Å². The fourth-order valence-corrected chi connectivity index (χ4v) is 2.40. The first kappa shape index (κ1) is 19.6. The van der Waals surface area contributed by atoms with E-state index in [1.54, 1.807) is 0 Å². The molecule has 144 valence electrons. The third-order valence-electron chi connectivity index (χ3n) is 3.74. The van der Waals surface area contributed by atoms with Crippen LogP contribution in [0.1, 0.15) is 18.3 Å². The second-order valence-electron chi connectivity index (χ2n) is 5.48. The molecule has 2 rings (SSSR count). The summed E-state index contributed by atoms with van der Waals surface area (Å²) in [6.45, 7) is -0.575. The smallest absolute Gasteiger partial charge is 0.328 e. The van der Waals surface area contributed by atoms with Crippen molar-refractivity contribution in [3.63, 3.8) is 0 Å². The molecule has 1 aliphatic heterocycles. The van der Waals surface area contributed by atoms with Crippen molar-refractivity contribution in [1.29, 1.82) is 0 Å². The van der Waals surface area contributed by atoms with Crippen LogP contribution in [0.4, 0.5) is 5.82 Å². The number of anilines is 1. The second kappa shape index (κ2) is 7.65. The molecule has 5 atom stereocenters. The van der Waals surface area contributed by atoms with E-state index in [1.165, 1.54) is 0 Å². The number of carbonyl (C=O) groups is 2. The first-order chi connectivity index (χ1) is 12.2. The van der Waals surface area contributed by atoms with Gasteiger partial charge in [0.2, 0.25) is 0 Å². The number of ether oxygens (including phenoxy) is 1. The lowest BCUT2D eigenvalue weighted by atomic mass is 10.1. The maximum absolute atomic E-state index is 12.1. The Morgan fingerprint density at radius 1 is 1.38 bits per heavy atom. The Balaban J connectivity index is 2.29. The number of imidazole rings is 1. The summed E-state index contributed by atoms with van der Waals surface area (Å²) in [6.07, 6.45) is -5.25. The largest absolute Gasteiger partial charge is 0.857 e. The Bertz CT molecular complexity index is 718. The first-order valence-electron chi connectivity index (χ1n) is 7.30. The quantitative estimate of drug-likeness (QED) is 0.224. The third-order valence-corrected chi connectivity index (χ3v) is 3.74. The van der Waals surface area contributed by atoms with Crippen LogP contribution < -0.4 is 15.9 Å². The highest BCUT2D eigenvalue weighted by Gasteiger charge is 2.44. The molecule has 0 spiro atoms. The summed E-state index contributed by atoms with van der Waals surface area (Å²) in [5.74, 6) is -4.91. The van der Waals surface area contributed by atoms with Crippen molar-refractivity contribution in [3.8, 4) is 0 Å². The minimum absolute atomic E-state index is 0.355. The number of aliphatic hydroxyl groups is 3. The molecule has 0 bridgehead atoms. The zero-order chi connectivity index (χ0) is 19.6. The second-order valence-corrected chi connectivity index (χ2v) is 5.48. The Labute approximate surface area is 145 Å². The van der Waals surface area contributed by atoms with Gasteiger partial charge in [-0.15, -0.1) is 0 Å². The van der Waals surface area contributed by atoms with E-state index in [2.05, 4.69) is 9.98 Å². The number of rotatable bonds is 7. The van der Waals surface area contributed by atoms with Gasteiger partial charge in [0.1, 0.15) is 29.8 Å². The van der Waals surface area contributed by atoms with Gasteiger partial charge in [-0.25, -0.2) is 9.78 Å². The molecule has 0 radical (unpaired) electrons. The van der Waals surface area contributed by atoms with E-state index >= 15 is 0 Å². The average molecular weight is 372 g/mol. The zero-order valence-corrected chi connectivity index (χ0v) is 13.1. The minimum atomic E-state index is -1.88. The number of carboxylic acids is 2. The lowest BCUT2D eigenvalue weighted by Crippen LogP contribution is -2.34. The lowest BCUT2D eigenvalue weighted by Gasteiger charge is -2.18. The normalized spacial score (nSPS) is 27.4. The maximum atomic E-state index is 12.1. The van der Waals surface area contributed by atoms with Crippen LogP contribution in [-0.2, 0) is 14.3 Å². The van der Waals surface area contributed by atoms with Gasteiger partial charge in [0, 0.05) is 18.3 Å². The monoisotopic (exact) mass is 372 g/mol. The summed E-state index contributed by atoms with van der Waals surface area (Å²) < 4.78 is 6.24. The number of hydrogen-bond donors (Lipinski definition) is 5. The average Bonchev–Trinajstić information content (AvgIpc) is 3.07. The fourth-order valence-electron chi connectivity index (χ4n) is 2.40. The van der Waals surface area contributed by atoms with Crippen molar-refractivity contribution in [3.05, 3.63) is 12.0 Å². The summed E-state index contributed by atoms with van der Waals surface area (Å²) in [7, 11) is 0. The number of nitrogens with two attached hydrogens (primary N) is 1. The number of aliphatic imine (C=N–C) groups is 1. The van der Waals surface area contributed by atoms with Gasteiger partial charge in [-0.1, -0.05) is 0 Å². The summed E-state index contributed by atoms with van der Waals surface area (Å²) in [5.41, 5.74) is 5.25. The Morgan fingerprint density at radius 3 is 2.54 bits per heavy atom. The lowest BCUT2D eigenvalue weighted by molar-refractivity contribution is -0.306. The number of carboxylic acid groups (broad SMARTS) is 2. The van der Waals surface area contributed by atoms with Crippen molar-refractivity contribution in [2.75, 3.05) is 12.3 Å². The fraction of sp³-hybridized carbons (Fsp3) is 0.538. The van der Waals surface area contributed by atoms with E-state index in [1.807, 2.05) is 0 Å². The minimum Gasteiger partial charge on any atom is -0.857 e. The summed E-state index contributed by atoms with van der Waals surface area (Å²) in [5, 5.41) is 60.2. The van der Waals surface area contributed by atoms with Crippen molar-refractivity contribution in [2.24, 2.45) is 4.99 Å². The molecule has 6 N–H and O–H groups in total. The molecule has 1 aromatic heterocycles. The molecule has 0 aromatic carbocycles. The van der Waals surface area contributed by atoms with Crippen LogP contribution >= 0.6 is 0 Å². The van der Waals surface area contributed by atoms with Crippen LogP contribution in [0, 0.1) is 0 Å². The molecule has 1 saturated heterocycles. The molecule has 0 amide bonds. The Hall–Kier alpha value is -2.74. The number of aliphatic carboxylic acids is 2. The molecule has 26 heavy (non-hydrogen) atoms. The third kappa shape index (κ3) is 3.75. The van der Waals surface area contributed by atoms with Gasteiger partial charge in [0.25, 0.3) is 0 Å². The van der Waals surface area contributed by atoms with Crippen LogP contribution in [0.2, 0.25) is 0 Å². The molecule has 1 unspecified atom stereocenters. The molecule has 2 heterocycles. The molecule has 13 heteroatoms. The number of hydrogen-bond acceptors (Lipinski definition) is 11. The van der Waals surface area contributed by atoms with Gasteiger partial charge in [-0.05, 0) is 0 Å². The number of carbonyl (C=O) groups excluding carboxylic acids is 1. The SMILES string of the molecule is Nc1c(C([O-])=NC(CC(=O)[O-])C(=O)O)ncn1[C@@H]1O[C@H](CO)[C@@H](O)[C@H]1O. The van der Waals surface area contributed by atoms with Gasteiger partial charge in [-0.2, -0.15) is 0 Å². The van der Waals surface area contributed by atoms with Gasteiger partial charge >= 0.3 is 5.97 Å². The summed E-state index contributed by atoms with van der Waals surface area (Å²) in [6, 6.07) is -1.88. The van der Waals surface area contributed by atoms with Gasteiger partial charge in [-0.3, -0.25) is 9.56 Å². The highest BCUT2D eigenvalue weighted by Crippen LogP contribution is 2.31. The predicted molar refractivity (Wildman–Crippen MR) is 77.2 cm³/mol. The number of aliphatic hydroxyl groups excluding tert-OH is 3. The summed E-state index contributed by atoms with van der Waals surface area (Å²) in [4.78, 5) is 28.4. The van der Waals surface area contributed by atoms with E-state index in [-0.39, 0.29) is 5.82 Å². The van der Waals surface area contributed by atoms with Crippen LogP contribution in [0.25, 0.3) is 0 Å². The van der Waals surface area contributed by atoms with E-state index in [0.717, 1.165) is 10.9 Å². The van der Waals surface area contributed by atoms with E-state index in [4.69, 9.17) is 20.7 Å². The van der Waals surface area contributed by atoms with Crippen LogP contribution in [0.3, 0.4) is 0 Å². The molecule has 13 nitrogen and oxygen atoms in total. The molecular weight excluding hydrogens is 356 g/mol. The van der Waals surface area contributed by atoms with E-state index < -0.39 is 67.1 Å². The predicted octanol–water partition coefficient (Wildman–Crippen LogP) is -5.22. The Kier molecular flexibility index (Phi) is 5.76. The van der Waals surface area contributed by atoms with Gasteiger partial charge in [0.05, 0.1) is 12.9 Å². The standard InChI is InChI=1S/C13H18N4O9/c14-10-7(11(23)16-4(13(24)25)1-6(19)20)15-3-17(10)12-9(22)8(21)5(2-18)26-12/h3-5,8-9,12,18,21-22H,1-2,14H2,(H,16,23)(H,19,20)(H,24,25)/p-2/t4?,5-,8-,9-,12-/m1/s1. The zero-order valence-electron chi connectivity index (χ0n) is 13.1. The molecule has 1 fully saturated rings. The van der Waals surface area contributed by atoms with Crippen LogP contribution in [-0.4, -0.2) is 78.8 Å². The van der Waals surface area contributed by atoms with Gasteiger partial charge < -0.3 is 45.9 Å². The van der Waals surface area contributed by atoms with Crippen molar-refractivity contribution >= 4 is 23.7 Å². The van der Waals surface area contributed by atoms with Crippen molar-refractivity contribution < 1.29 is 45.0 Å². The van der Waals surface area contributed by atoms with E-state index in [9.17, 15) is 30.0 Å². The first-order valence-corrected chi connectivity index (χ1v) is 7.30. The molecular formula is C13H16N4O9-2. The highest BCUT2D eigenvalue weighted by molar-refractivity contribution is 5.95. The number of nitrogen functional groups attached to an aromatic ring is 1. The van der Waals surface area contributed by atoms with Gasteiger partial charge in [0.15, 0.2) is 12.3 Å². The Morgan fingerprint density at radius 2 is 2.04 bits per heavy atom. The molecule has 0 saturated carbocycles. The van der Waals surface area contributed by atoms with E-state index in [0.29, 0.717) is 0 Å². The topological polar surface area (TPSA) is 227 Å². The maximum Gasteiger partial charge on any atom is 0.328 e. The molecule has 1 aromatic rings. The van der Waals surface area contributed by atoms with Crippen molar-refractivity contribution in [1.82, 2.24) is 9.55 Å². The number of nitrogens with zero attached hydrogens (tertiary/aromatic N) is 3.